The SMILES string of the molecule is CCOC(=O)/C(F)=C(/CC)O[Si](C)(C)C. The van der Waals surface area contributed by atoms with Crippen LogP contribution in [0.1, 0.15) is 20.3 Å². The fourth-order valence-corrected chi connectivity index (χ4v) is 1.92. The lowest BCUT2D eigenvalue weighted by Gasteiger charge is -2.21. The lowest BCUT2D eigenvalue weighted by atomic mass is 10.3. The van der Waals surface area contributed by atoms with Crippen molar-refractivity contribution in [1.29, 1.82) is 0 Å². The van der Waals surface area contributed by atoms with Crippen LogP contribution in [-0.2, 0) is 14.0 Å². The van der Waals surface area contributed by atoms with Crippen molar-refractivity contribution < 1.29 is 18.3 Å². The standard InChI is InChI=1S/C10H19FO3Si/c1-6-8(14-15(3,4)5)9(11)10(12)13-7-2/h6-7H2,1-5H3/b9-8+. The highest BCUT2D eigenvalue weighted by Crippen LogP contribution is 2.19. The number of ether oxygens (including phenoxy) is 1. The third-order valence-electron chi connectivity index (χ3n) is 1.45. The Kier molecular flexibility index (Phi) is 5.57. The molecule has 0 amide bonds. The molecule has 0 rings (SSSR count). The van der Waals surface area contributed by atoms with E-state index in [1.54, 1.807) is 13.8 Å². The van der Waals surface area contributed by atoms with E-state index in [9.17, 15) is 9.18 Å². The molecule has 15 heavy (non-hydrogen) atoms. The zero-order valence-electron chi connectivity index (χ0n) is 10.0. The average Bonchev–Trinajstić information content (AvgIpc) is 2.12. The van der Waals surface area contributed by atoms with Gasteiger partial charge in [-0.05, 0) is 26.6 Å². The molecule has 0 aliphatic carbocycles. The Labute approximate surface area is 91.4 Å². The lowest BCUT2D eigenvalue weighted by molar-refractivity contribution is -0.140. The van der Waals surface area contributed by atoms with Crippen LogP contribution in [0, 0.1) is 0 Å². The molecule has 0 aliphatic heterocycles. The molecule has 0 saturated heterocycles. The van der Waals surface area contributed by atoms with Crippen molar-refractivity contribution in [2.24, 2.45) is 0 Å². The Morgan fingerprint density at radius 2 is 1.80 bits per heavy atom. The van der Waals surface area contributed by atoms with Crippen LogP contribution < -0.4 is 0 Å². The Bertz CT molecular complexity index is 256. The van der Waals surface area contributed by atoms with E-state index in [0.29, 0.717) is 6.42 Å². The highest BCUT2D eigenvalue weighted by atomic mass is 28.4. The molecule has 0 aliphatic rings. The normalized spacial score (nSPS) is 13.2. The van der Waals surface area contributed by atoms with Crippen LogP contribution in [0.5, 0.6) is 0 Å². The van der Waals surface area contributed by atoms with E-state index in [1.807, 2.05) is 19.6 Å². The number of carbonyl (C=O) groups is 1. The van der Waals surface area contributed by atoms with Gasteiger partial charge in [0.15, 0.2) is 0 Å². The van der Waals surface area contributed by atoms with Crippen molar-refractivity contribution in [3.8, 4) is 0 Å². The summed E-state index contributed by atoms with van der Waals surface area (Å²) < 4.78 is 23.5. The summed E-state index contributed by atoms with van der Waals surface area (Å²) in [6.45, 7) is 9.34. The van der Waals surface area contributed by atoms with Crippen molar-refractivity contribution >= 4 is 14.3 Å². The summed E-state index contributed by atoms with van der Waals surface area (Å²) in [5.74, 6) is -1.73. The van der Waals surface area contributed by atoms with Crippen molar-refractivity contribution in [3.63, 3.8) is 0 Å². The van der Waals surface area contributed by atoms with Crippen LogP contribution in [0.2, 0.25) is 19.6 Å². The number of allylic oxidation sites excluding steroid dienone is 1. The van der Waals surface area contributed by atoms with Crippen LogP contribution >= 0.6 is 0 Å². The maximum atomic E-state index is 13.5. The van der Waals surface area contributed by atoms with Crippen LogP contribution in [0.15, 0.2) is 11.6 Å². The topological polar surface area (TPSA) is 35.5 Å². The van der Waals surface area contributed by atoms with E-state index in [-0.39, 0.29) is 12.4 Å². The summed E-state index contributed by atoms with van der Waals surface area (Å²) in [6, 6.07) is 0. The third-order valence-corrected chi connectivity index (χ3v) is 2.31. The number of rotatable bonds is 5. The Balaban J connectivity index is 4.74. The Hall–Kier alpha value is -0.843. The quantitative estimate of drug-likeness (QED) is 0.317. The van der Waals surface area contributed by atoms with Crippen LogP contribution in [0.3, 0.4) is 0 Å². The second-order valence-electron chi connectivity index (χ2n) is 4.03. The molecule has 0 N–H and O–H groups in total. The molecule has 0 aromatic rings. The monoisotopic (exact) mass is 234 g/mol. The van der Waals surface area contributed by atoms with Crippen LogP contribution in [0.25, 0.3) is 0 Å². The fraction of sp³-hybridized carbons (Fsp3) is 0.700. The first-order chi connectivity index (χ1) is 6.81. The van der Waals surface area contributed by atoms with Gasteiger partial charge < -0.3 is 9.16 Å². The molecular formula is C10H19FO3Si. The molecule has 0 aromatic heterocycles. The second kappa shape index (κ2) is 5.90. The summed E-state index contributed by atoms with van der Waals surface area (Å²) >= 11 is 0. The first kappa shape index (κ1) is 14.2. The van der Waals surface area contributed by atoms with Gasteiger partial charge in [0.2, 0.25) is 14.1 Å². The van der Waals surface area contributed by atoms with Gasteiger partial charge in [-0.1, -0.05) is 6.92 Å². The maximum Gasteiger partial charge on any atom is 0.370 e. The van der Waals surface area contributed by atoms with E-state index in [2.05, 4.69) is 4.74 Å². The van der Waals surface area contributed by atoms with E-state index in [0.717, 1.165) is 0 Å². The Morgan fingerprint density at radius 3 is 2.13 bits per heavy atom. The first-order valence-electron chi connectivity index (χ1n) is 5.06. The minimum absolute atomic E-state index is 0.104. The lowest BCUT2D eigenvalue weighted by Crippen LogP contribution is -2.26. The van der Waals surface area contributed by atoms with Crippen molar-refractivity contribution in [1.82, 2.24) is 0 Å². The number of esters is 1. The first-order valence-corrected chi connectivity index (χ1v) is 8.47. The molecule has 0 fully saturated rings. The van der Waals surface area contributed by atoms with Crippen molar-refractivity contribution in [2.75, 3.05) is 6.61 Å². The summed E-state index contributed by atoms with van der Waals surface area (Å²) in [6.07, 6.45) is 0.356. The third kappa shape index (κ3) is 5.56. The molecule has 3 nitrogen and oxygen atoms in total. The van der Waals surface area contributed by atoms with Crippen LogP contribution in [0.4, 0.5) is 4.39 Å². The highest BCUT2D eigenvalue weighted by molar-refractivity contribution is 6.70. The molecule has 0 unspecified atom stereocenters. The molecule has 0 saturated carbocycles. The van der Waals surface area contributed by atoms with Gasteiger partial charge in [-0.2, -0.15) is 4.39 Å². The fourth-order valence-electron chi connectivity index (χ4n) is 0.950. The van der Waals surface area contributed by atoms with Gasteiger partial charge in [-0.15, -0.1) is 0 Å². The van der Waals surface area contributed by atoms with Crippen molar-refractivity contribution in [2.45, 2.75) is 39.9 Å². The van der Waals surface area contributed by atoms with E-state index < -0.39 is 20.1 Å². The molecule has 0 atom stereocenters. The molecule has 0 bridgehead atoms. The van der Waals surface area contributed by atoms with Gasteiger partial charge >= 0.3 is 5.97 Å². The molecular weight excluding hydrogens is 215 g/mol. The predicted octanol–water partition coefficient (Wildman–Crippen LogP) is 2.99. The van der Waals surface area contributed by atoms with Gasteiger partial charge in [0.1, 0.15) is 5.76 Å². The summed E-state index contributed by atoms with van der Waals surface area (Å²) in [4.78, 5) is 11.1. The maximum absolute atomic E-state index is 13.5. The number of carbonyl (C=O) groups excluding carboxylic acids is 1. The predicted molar refractivity (Wildman–Crippen MR) is 59.5 cm³/mol. The van der Waals surface area contributed by atoms with Gasteiger partial charge in [0, 0.05) is 6.42 Å². The number of hydrogen-bond donors (Lipinski definition) is 0. The number of hydrogen-bond acceptors (Lipinski definition) is 3. The minimum atomic E-state index is -1.88. The molecule has 0 aromatic carbocycles. The summed E-state index contributed by atoms with van der Waals surface area (Å²) in [5.41, 5.74) is 0. The van der Waals surface area contributed by atoms with Gasteiger partial charge in [0.05, 0.1) is 6.61 Å². The summed E-state index contributed by atoms with van der Waals surface area (Å²) in [7, 11) is -1.88. The molecule has 0 radical (unpaired) electrons. The molecule has 5 heteroatoms. The summed E-state index contributed by atoms with van der Waals surface area (Å²) in [5, 5.41) is 0. The largest absolute Gasteiger partial charge is 0.545 e. The van der Waals surface area contributed by atoms with E-state index >= 15 is 0 Å². The van der Waals surface area contributed by atoms with Crippen molar-refractivity contribution in [3.05, 3.63) is 11.6 Å². The minimum Gasteiger partial charge on any atom is -0.545 e. The molecule has 0 heterocycles. The van der Waals surface area contributed by atoms with Gasteiger partial charge in [-0.25, -0.2) is 4.79 Å². The molecule has 88 valence electrons. The van der Waals surface area contributed by atoms with E-state index in [4.69, 9.17) is 4.43 Å². The zero-order chi connectivity index (χ0) is 12.1. The van der Waals surface area contributed by atoms with Gasteiger partial charge in [-0.3, -0.25) is 0 Å². The van der Waals surface area contributed by atoms with Gasteiger partial charge in [0.25, 0.3) is 0 Å². The second-order valence-corrected chi connectivity index (χ2v) is 8.45. The van der Waals surface area contributed by atoms with E-state index in [1.165, 1.54) is 0 Å². The highest BCUT2D eigenvalue weighted by Gasteiger charge is 2.23. The average molecular weight is 234 g/mol. The zero-order valence-corrected chi connectivity index (χ0v) is 11.0. The molecule has 0 spiro atoms. The Morgan fingerprint density at radius 1 is 1.27 bits per heavy atom. The van der Waals surface area contributed by atoms with Crippen LogP contribution in [-0.4, -0.2) is 20.9 Å². The number of halogens is 1. The smallest absolute Gasteiger partial charge is 0.370 e.